The van der Waals surface area contributed by atoms with Crippen LogP contribution in [0.3, 0.4) is 0 Å². The number of anilines is 1. The van der Waals surface area contributed by atoms with Crippen LogP contribution in [0.15, 0.2) is 12.4 Å². The fraction of sp³-hybridized carbons (Fsp3) is 0.500. The summed E-state index contributed by atoms with van der Waals surface area (Å²) in [6.45, 7) is 4.12. The minimum absolute atomic E-state index is 0. The van der Waals surface area contributed by atoms with Gasteiger partial charge in [-0.2, -0.15) is 5.10 Å². The van der Waals surface area contributed by atoms with Crippen molar-refractivity contribution < 1.29 is 0 Å². The van der Waals surface area contributed by atoms with Gasteiger partial charge >= 0.3 is 0 Å². The normalized spacial score (nSPS) is 8.64. The van der Waals surface area contributed by atoms with Gasteiger partial charge in [-0.3, -0.25) is 4.68 Å². The maximum atomic E-state index is 5.43. The van der Waals surface area contributed by atoms with Crippen LogP contribution < -0.4 is 5.73 Å². The molecule has 0 spiro atoms. The molecule has 0 aliphatic carbocycles. The van der Waals surface area contributed by atoms with Gasteiger partial charge in [0.05, 0.1) is 11.9 Å². The number of aromatic nitrogens is 2. The lowest BCUT2D eigenvalue weighted by Crippen LogP contribution is -1.99. The van der Waals surface area contributed by atoms with E-state index in [2.05, 4.69) is 18.9 Å². The van der Waals surface area contributed by atoms with Gasteiger partial charge < -0.3 is 5.73 Å². The number of nitrogen functional groups attached to an aromatic ring is 1. The standard InChI is InChI=1S/C6H11N3.2ClH/c1-5(2)9-4-6(7)3-8-9;;/h3-5H,7H2,1-2H3;2*1H. The molecule has 1 aromatic heterocycles. The number of nitrogens with two attached hydrogens (primary N) is 1. The summed E-state index contributed by atoms with van der Waals surface area (Å²) in [6.07, 6.45) is 3.48. The minimum Gasteiger partial charge on any atom is -0.396 e. The molecule has 0 bridgehead atoms. The third-order valence-electron chi connectivity index (χ3n) is 1.15. The van der Waals surface area contributed by atoms with E-state index in [1.54, 1.807) is 6.20 Å². The highest BCUT2D eigenvalue weighted by atomic mass is 35.5. The smallest absolute Gasteiger partial charge is 0.0719 e. The minimum atomic E-state index is 0. The summed E-state index contributed by atoms with van der Waals surface area (Å²) in [5.41, 5.74) is 6.16. The second kappa shape index (κ2) is 5.27. The molecule has 66 valence electrons. The first-order valence-corrected chi connectivity index (χ1v) is 3.00. The van der Waals surface area contributed by atoms with Gasteiger partial charge in [0.25, 0.3) is 0 Å². The molecule has 1 heterocycles. The summed E-state index contributed by atoms with van der Waals surface area (Å²) >= 11 is 0. The zero-order valence-corrected chi connectivity index (χ0v) is 8.15. The van der Waals surface area contributed by atoms with Crippen molar-refractivity contribution in [2.45, 2.75) is 19.9 Å². The zero-order valence-electron chi connectivity index (χ0n) is 6.52. The molecule has 0 fully saturated rings. The van der Waals surface area contributed by atoms with Crippen LogP contribution in [0.1, 0.15) is 19.9 Å². The Morgan fingerprint density at radius 1 is 1.45 bits per heavy atom. The number of nitrogens with zero attached hydrogens (tertiary/aromatic N) is 2. The fourth-order valence-corrected chi connectivity index (χ4v) is 0.635. The Hall–Kier alpha value is -0.410. The van der Waals surface area contributed by atoms with Crippen molar-refractivity contribution in [3.8, 4) is 0 Å². The molecule has 0 saturated carbocycles. The lowest BCUT2D eigenvalue weighted by atomic mass is 10.4. The van der Waals surface area contributed by atoms with Gasteiger partial charge in [0.1, 0.15) is 0 Å². The average molecular weight is 198 g/mol. The Morgan fingerprint density at radius 3 is 2.18 bits per heavy atom. The molecule has 2 N–H and O–H groups in total. The lowest BCUT2D eigenvalue weighted by Gasteiger charge is -2.01. The molecule has 0 saturated heterocycles. The fourth-order valence-electron chi connectivity index (χ4n) is 0.635. The summed E-state index contributed by atoms with van der Waals surface area (Å²) in [5, 5.41) is 4.01. The van der Waals surface area contributed by atoms with Crippen LogP contribution in [0.25, 0.3) is 0 Å². The molecule has 3 nitrogen and oxygen atoms in total. The van der Waals surface area contributed by atoms with Gasteiger partial charge in [-0.15, -0.1) is 24.8 Å². The van der Waals surface area contributed by atoms with E-state index in [4.69, 9.17) is 5.73 Å². The lowest BCUT2D eigenvalue weighted by molar-refractivity contribution is 0.532. The van der Waals surface area contributed by atoms with E-state index < -0.39 is 0 Å². The van der Waals surface area contributed by atoms with Crippen molar-refractivity contribution in [3.05, 3.63) is 12.4 Å². The molecule has 0 atom stereocenters. The first-order chi connectivity index (χ1) is 4.20. The molecule has 0 aromatic carbocycles. The Balaban J connectivity index is 0. The molecule has 5 heteroatoms. The maximum Gasteiger partial charge on any atom is 0.0719 e. The molecule has 1 aromatic rings. The molecule has 0 aliphatic rings. The van der Waals surface area contributed by atoms with Crippen molar-refractivity contribution in [1.82, 2.24) is 9.78 Å². The zero-order chi connectivity index (χ0) is 6.85. The average Bonchev–Trinajstić information content (AvgIpc) is 2.14. The van der Waals surface area contributed by atoms with E-state index in [0.717, 1.165) is 5.69 Å². The first-order valence-electron chi connectivity index (χ1n) is 3.00. The topological polar surface area (TPSA) is 43.8 Å². The van der Waals surface area contributed by atoms with Crippen molar-refractivity contribution in [2.75, 3.05) is 5.73 Å². The summed E-state index contributed by atoms with van der Waals surface area (Å²) in [6, 6.07) is 0.405. The predicted octanol–water partition coefficient (Wildman–Crippen LogP) is 1.89. The van der Waals surface area contributed by atoms with Crippen LogP contribution in [-0.4, -0.2) is 9.78 Å². The second-order valence-electron chi connectivity index (χ2n) is 2.35. The highest BCUT2D eigenvalue weighted by molar-refractivity contribution is 5.85. The van der Waals surface area contributed by atoms with Gasteiger partial charge in [-0.05, 0) is 13.8 Å². The van der Waals surface area contributed by atoms with Crippen molar-refractivity contribution in [1.29, 1.82) is 0 Å². The van der Waals surface area contributed by atoms with Crippen LogP contribution in [0.5, 0.6) is 0 Å². The molecule has 0 aliphatic heterocycles. The van der Waals surface area contributed by atoms with Crippen LogP contribution in [-0.2, 0) is 0 Å². The summed E-state index contributed by atoms with van der Waals surface area (Å²) in [5.74, 6) is 0. The molecular formula is C6H13Cl2N3. The van der Waals surface area contributed by atoms with Crippen molar-refractivity contribution in [3.63, 3.8) is 0 Å². The van der Waals surface area contributed by atoms with Crippen LogP contribution >= 0.6 is 24.8 Å². The number of halogens is 2. The van der Waals surface area contributed by atoms with E-state index in [9.17, 15) is 0 Å². The van der Waals surface area contributed by atoms with Crippen molar-refractivity contribution >= 4 is 30.5 Å². The first kappa shape index (κ1) is 13.2. The van der Waals surface area contributed by atoms with Crippen LogP contribution in [0.2, 0.25) is 0 Å². The van der Waals surface area contributed by atoms with Gasteiger partial charge in [-0.25, -0.2) is 0 Å². The number of hydrogen-bond acceptors (Lipinski definition) is 2. The monoisotopic (exact) mass is 197 g/mol. The van der Waals surface area contributed by atoms with E-state index in [-0.39, 0.29) is 24.8 Å². The molecule has 0 amide bonds. The van der Waals surface area contributed by atoms with E-state index in [0.29, 0.717) is 6.04 Å². The van der Waals surface area contributed by atoms with Crippen LogP contribution in [0, 0.1) is 0 Å². The summed E-state index contributed by atoms with van der Waals surface area (Å²) in [4.78, 5) is 0. The highest BCUT2D eigenvalue weighted by Gasteiger charge is 1.96. The van der Waals surface area contributed by atoms with Gasteiger partial charge in [0.15, 0.2) is 0 Å². The molecular weight excluding hydrogens is 185 g/mol. The van der Waals surface area contributed by atoms with Gasteiger partial charge in [0, 0.05) is 12.2 Å². The molecule has 0 unspecified atom stereocenters. The molecule has 1 rings (SSSR count). The van der Waals surface area contributed by atoms with E-state index in [1.807, 2.05) is 10.9 Å². The van der Waals surface area contributed by atoms with Crippen LogP contribution in [0.4, 0.5) is 5.69 Å². The molecule has 0 radical (unpaired) electrons. The Labute approximate surface area is 78.8 Å². The SMILES string of the molecule is CC(C)n1cc(N)cn1.Cl.Cl. The maximum absolute atomic E-state index is 5.43. The largest absolute Gasteiger partial charge is 0.396 e. The quantitative estimate of drug-likeness (QED) is 0.748. The summed E-state index contributed by atoms with van der Waals surface area (Å²) in [7, 11) is 0. The summed E-state index contributed by atoms with van der Waals surface area (Å²) < 4.78 is 1.83. The Morgan fingerprint density at radius 2 is 2.00 bits per heavy atom. The highest BCUT2D eigenvalue weighted by Crippen LogP contribution is 2.04. The third-order valence-corrected chi connectivity index (χ3v) is 1.15. The predicted molar refractivity (Wildman–Crippen MR) is 51.5 cm³/mol. The van der Waals surface area contributed by atoms with E-state index >= 15 is 0 Å². The van der Waals surface area contributed by atoms with Gasteiger partial charge in [0.2, 0.25) is 0 Å². The van der Waals surface area contributed by atoms with Gasteiger partial charge in [-0.1, -0.05) is 0 Å². The number of rotatable bonds is 1. The molecule has 11 heavy (non-hydrogen) atoms. The van der Waals surface area contributed by atoms with Crippen molar-refractivity contribution in [2.24, 2.45) is 0 Å². The second-order valence-corrected chi connectivity index (χ2v) is 2.35. The third kappa shape index (κ3) is 3.49. The Bertz CT molecular complexity index is 197. The Kier molecular flexibility index (Phi) is 6.32. The number of hydrogen-bond donors (Lipinski definition) is 1. The van der Waals surface area contributed by atoms with E-state index in [1.165, 1.54) is 0 Å².